The number of benzene rings is 1. The summed E-state index contributed by atoms with van der Waals surface area (Å²) in [7, 11) is 1.71. The Labute approximate surface area is 128 Å². The number of nitrogens with one attached hydrogen (secondary N) is 1. The van der Waals surface area contributed by atoms with Crippen molar-refractivity contribution in [1.29, 1.82) is 0 Å². The van der Waals surface area contributed by atoms with Crippen molar-refractivity contribution in [1.82, 2.24) is 5.32 Å². The lowest BCUT2D eigenvalue weighted by atomic mass is 9.75. The monoisotopic (exact) mass is 291 g/mol. The van der Waals surface area contributed by atoms with Crippen LogP contribution in [0.1, 0.15) is 51.0 Å². The predicted molar refractivity (Wildman–Crippen MR) is 86.8 cm³/mol. The van der Waals surface area contributed by atoms with Crippen LogP contribution in [-0.4, -0.2) is 30.9 Å². The Hall–Kier alpha value is -1.06. The van der Waals surface area contributed by atoms with Gasteiger partial charge in [-0.3, -0.25) is 0 Å². The summed E-state index contributed by atoms with van der Waals surface area (Å²) < 4.78 is 5.28. The molecule has 0 aromatic heterocycles. The second-order valence-electron chi connectivity index (χ2n) is 6.19. The maximum absolute atomic E-state index is 10.1. The molecule has 0 radical (unpaired) electrons. The molecule has 1 aromatic rings. The molecule has 0 heterocycles. The lowest BCUT2D eigenvalue weighted by Gasteiger charge is -2.37. The molecular weight excluding hydrogens is 262 g/mol. The quantitative estimate of drug-likeness (QED) is 0.772. The first kappa shape index (κ1) is 16.3. The predicted octanol–water partition coefficient (Wildman–Crippen LogP) is 3.33. The van der Waals surface area contributed by atoms with Crippen LogP contribution in [-0.2, 0) is 0 Å². The van der Waals surface area contributed by atoms with E-state index in [1.54, 1.807) is 7.11 Å². The van der Waals surface area contributed by atoms with Crippen molar-refractivity contribution >= 4 is 0 Å². The number of hydrogen-bond donors (Lipinski definition) is 2. The van der Waals surface area contributed by atoms with Gasteiger partial charge in [0.25, 0.3) is 0 Å². The SMILES string of the molecule is CCC(CC)C(O)CNC1CC(c2cccc(OC)c2)C1. The number of ether oxygens (including phenoxy) is 1. The van der Waals surface area contributed by atoms with Gasteiger partial charge in [-0.2, -0.15) is 0 Å². The highest BCUT2D eigenvalue weighted by Gasteiger charge is 2.30. The first-order chi connectivity index (χ1) is 10.2. The first-order valence-corrected chi connectivity index (χ1v) is 8.23. The van der Waals surface area contributed by atoms with Crippen molar-refractivity contribution in [2.75, 3.05) is 13.7 Å². The van der Waals surface area contributed by atoms with Crippen LogP contribution in [0.5, 0.6) is 5.75 Å². The van der Waals surface area contributed by atoms with E-state index in [1.807, 2.05) is 6.07 Å². The maximum atomic E-state index is 10.1. The molecule has 2 rings (SSSR count). The molecule has 1 aromatic carbocycles. The molecule has 1 aliphatic carbocycles. The molecule has 1 atom stereocenters. The second kappa shape index (κ2) is 7.81. The maximum Gasteiger partial charge on any atom is 0.119 e. The van der Waals surface area contributed by atoms with E-state index in [-0.39, 0.29) is 6.10 Å². The average molecular weight is 291 g/mol. The van der Waals surface area contributed by atoms with E-state index in [1.165, 1.54) is 5.56 Å². The third-order valence-electron chi connectivity index (χ3n) is 4.91. The molecule has 1 unspecified atom stereocenters. The van der Waals surface area contributed by atoms with Gasteiger partial charge in [0.05, 0.1) is 13.2 Å². The van der Waals surface area contributed by atoms with Gasteiger partial charge < -0.3 is 15.2 Å². The summed E-state index contributed by atoms with van der Waals surface area (Å²) in [5.74, 6) is 1.99. The van der Waals surface area contributed by atoms with E-state index >= 15 is 0 Å². The molecule has 0 saturated heterocycles. The third kappa shape index (κ3) is 4.21. The van der Waals surface area contributed by atoms with E-state index in [2.05, 4.69) is 37.4 Å². The van der Waals surface area contributed by atoms with Gasteiger partial charge in [-0.15, -0.1) is 0 Å². The molecule has 3 heteroatoms. The summed E-state index contributed by atoms with van der Waals surface area (Å²) in [6.07, 6.45) is 4.20. The minimum atomic E-state index is -0.212. The van der Waals surface area contributed by atoms with E-state index < -0.39 is 0 Å². The Morgan fingerprint density at radius 3 is 2.62 bits per heavy atom. The topological polar surface area (TPSA) is 41.5 Å². The molecule has 0 aliphatic heterocycles. The van der Waals surface area contributed by atoms with E-state index in [9.17, 15) is 5.11 Å². The molecule has 1 fully saturated rings. The molecule has 3 nitrogen and oxygen atoms in total. The molecule has 1 aliphatic rings. The standard InChI is InChI=1S/C18H29NO2/c1-4-13(5-2)18(20)12-19-16-9-15(10-16)14-7-6-8-17(11-14)21-3/h6-8,11,13,15-16,18-20H,4-5,9-10,12H2,1-3H3. The van der Waals surface area contributed by atoms with Gasteiger partial charge in [0.15, 0.2) is 0 Å². The zero-order chi connectivity index (χ0) is 15.2. The minimum absolute atomic E-state index is 0.212. The van der Waals surface area contributed by atoms with E-state index in [0.717, 1.165) is 38.0 Å². The van der Waals surface area contributed by atoms with Gasteiger partial charge in [0, 0.05) is 12.6 Å². The Morgan fingerprint density at radius 1 is 1.29 bits per heavy atom. The van der Waals surface area contributed by atoms with Gasteiger partial charge in [-0.1, -0.05) is 38.8 Å². The van der Waals surface area contributed by atoms with Crippen LogP contribution in [0.2, 0.25) is 0 Å². The Balaban J connectivity index is 1.74. The van der Waals surface area contributed by atoms with Crippen LogP contribution in [0.15, 0.2) is 24.3 Å². The molecule has 2 N–H and O–H groups in total. The van der Waals surface area contributed by atoms with Crippen molar-refractivity contribution < 1.29 is 9.84 Å². The highest BCUT2D eigenvalue weighted by molar-refractivity contribution is 5.32. The van der Waals surface area contributed by atoms with Gasteiger partial charge in [0.1, 0.15) is 5.75 Å². The number of rotatable bonds is 8. The molecule has 0 bridgehead atoms. The van der Waals surface area contributed by atoms with Gasteiger partial charge in [-0.25, -0.2) is 0 Å². The van der Waals surface area contributed by atoms with Crippen LogP contribution in [0.25, 0.3) is 0 Å². The smallest absolute Gasteiger partial charge is 0.119 e. The summed E-state index contributed by atoms with van der Waals surface area (Å²) in [6, 6.07) is 8.92. The van der Waals surface area contributed by atoms with Crippen molar-refractivity contribution in [3.8, 4) is 5.75 Å². The van der Waals surface area contributed by atoms with Crippen molar-refractivity contribution in [3.05, 3.63) is 29.8 Å². The minimum Gasteiger partial charge on any atom is -0.497 e. The molecule has 21 heavy (non-hydrogen) atoms. The fourth-order valence-corrected chi connectivity index (χ4v) is 3.24. The Bertz CT molecular complexity index is 425. The molecule has 0 spiro atoms. The summed E-state index contributed by atoms with van der Waals surface area (Å²) in [5, 5.41) is 13.7. The number of hydrogen-bond acceptors (Lipinski definition) is 3. The van der Waals surface area contributed by atoms with E-state index in [0.29, 0.717) is 17.9 Å². The van der Waals surface area contributed by atoms with Crippen LogP contribution in [0.3, 0.4) is 0 Å². The van der Waals surface area contributed by atoms with Crippen molar-refractivity contribution in [3.63, 3.8) is 0 Å². The zero-order valence-electron chi connectivity index (χ0n) is 13.5. The highest BCUT2D eigenvalue weighted by Crippen LogP contribution is 2.37. The first-order valence-electron chi connectivity index (χ1n) is 8.23. The number of aliphatic hydroxyl groups excluding tert-OH is 1. The summed E-state index contributed by atoms with van der Waals surface area (Å²) in [6.45, 7) is 5.03. The van der Waals surface area contributed by atoms with E-state index in [4.69, 9.17) is 4.74 Å². The number of methoxy groups -OCH3 is 1. The zero-order valence-corrected chi connectivity index (χ0v) is 13.5. The normalized spacial score (nSPS) is 22.9. The fourth-order valence-electron chi connectivity index (χ4n) is 3.24. The average Bonchev–Trinajstić information content (AvgIpc) is 2.47. The van der Waals surface area contributed by atoms with Gasteiger partial charge >= 0.3 is 0 Å². The molecule has 0 amide bonds. The molecule has 118 valence electrons. The van der Waals surface area contributed by atoms with Crippen LogP contribution in [0.4, 0.5) is 0 Å². The van der Waals surface area contributed by atoms with Gasteiger partial charge in [-0.05, 0) is 42.4 Å². The van der Waals surface area contributed by atoms with Crippen molar-refractivity contribution in [2.45, 2.75) is 57.6 Å². The largest absolute Gasteiger partial charge is 0.497 e. The van der Waals surface area contributed by atoms with Crippen LogP contribution < -0.4 is 10.1 Å². The van der Waals surface area contributed by atoms with Gasteiger partial charge in [0.2, 0.25) is 0 Å². The van der Waals surface area contributed by atoms with Crippen molar-refractivity contribution in [2.24, 2.45) is 5.92 Å². The van der Waals surface area contributed by atoms with Crippen LogP contribution in [0, 0.1) is 5.92 Å². The molecular formula is C18H29NO2. The third-order valence-corrected chi connectivity index (χ3v) is 4.91. The highest BCUT2D eigenvalue weighted by atomic mass is 16.5. The second-order valence-corrected chi connectivity index (χ2v) is 6.19. The Kier molecular flexibility index (Phi) is 6.07. The lowest BCUT2D eigenvalue weighted by molar-refractivity contribution is 0.0925. The number of aliphatic hydroxyl groups is 1. The summed E-state index contributed by atoms with van der Waals surface area (Å²) in [5.41, 5.74) is 1.37. The van der Waals surface area contributed by atoms with Crippen LogP contribution >= 0.6 is 0 Å². The summed E-state index contributed by atoms with van der Waals surface area (Å²) in [4.78, 5) is 0. The lowest BCUT2D eigenvalue weighted by Crippen LogP contribution is -2.44. The Morgan fingerprint density at radius 2 is 2.00 bits per heavy atom. The molecule has 1 saturated carbocycles. The summed E-state index contributed by atoms with van der Waals surface area (Å²) >= 11 is 0. The fraction of sp³-hybridized carbons (Fsp3) is 0.667.